The van der Waals surface area contributed by atoms with Gasteiger partial charge in [-0.2, -0.15) is 0 Å². The van der Waals surface area contributed by atoms with Crippen LogP contribution in [0.5, 0.6) is 0 Å². The molecule has 0 amide bonds. The Labute approximate surface area is 184 Å². The first kappa shape index (κ1) is 22.1. The molecule has 0 aliphatic rings. The van der Waals surface area contributed by atoms with Crippen molar-refractivity contribution in [3.63, 3.8) is 0 Å². The van der Waals surface area contributed by atoms with Crippen LogP contribution >= 0.6 is 0 Å². The van der Waals surface area contributed by atoms with Crippen LogP contribution in [0.1, 0.15) is 0 Å². The Morgan fingerprint density at radius 3 is 1.39 bits per heavy atom. The molecular formula is C24H32N6O. The van der Waals surface area contributed by atoms with Gasteiger partial charge in [0.05, 0.1) is 13.3 Å². The summed E-state index contributed by atoms with van der Waals surface area (Å²) in [6.07, 6.45) is 0. The Morgan fingerprint density at radius 2 is 0.968 bits per heavy atom. The molecule has 0 spiro atoms. The lowest BCUT2D eigenvalue weighted by Gasteiger charge is -2.33. The lowest BCUT2D eigenvalue weighted by Crippen LogP contribution is -2.41. The average molecular weight is 421 g/mol. The molecule has 164 valence electrons. The lowest BCUT2D eigenvalue weighted by atomic mass is 10.2. The molecule has 3 aromatic rings. The highest BCUT2D eigenvalue weighted by atomic mass is 16.3. The number of nitrogens with zero attached hydrogens (tertiary/aromatic N) is 2. The number of hydrogen-bond acceptors (Lipinski definition) is 7. The summed E-state index contributed by atoms with van der Waals surface area (Å²) < 4.78 is 0. The highest BCUT2D eigenvalue weighted by Gasteiger charge is 2.13. The van der Waals surface area contributed by atoms with Gasteiger partial charge in [-0.15, -0.1) is 0 Å². The van der Waals surface area contributed by atoms with Crippen LogP contribution in [0, 0.1) is 0 Å². The minimum absolute atomic E-state index is 0.0825. The van der Waals surface area contributed by atoms with Gasteiger partial charge < -0.3 is 36.2 Å². The molecular weight excluding hydrogens is 388 g/mol. The van der Waals surface area contributed by atoms with Gasteiger partial charge in [-0.1, -0.05) is 0 Å². The maximum absolute atomic E-state index is 10.1. The molecule has 7 nitrogen and oxygen atoms in total. The molecule has 31 heavy (non-hydrogen) atoms. The van der Waals surface area contributed by atoms with Gasteiger partial charge in [-0.3, -0.25) is 0 Å². The van der Waals surface area contributed by atoms with E-state index in [-0.39, 0.29) is 6.73 Å². The van der Waals surface area contributed by atoms with Crippen LogP contribution in [0.4, 0.5) is 34.1 Å². The van der Waals surface area contributed by atoms with E-state index in [1.807, 2.05) is 74.6 Å². The first-order chi connectivity index (χ1) is 15.2. The highest BCUT2D eigenvalue weighted by molar-refractivity contribution is 5.60. The van der Waals surface area contributed by atoms with E-state index in [0.717, 1.165) is 34.1 Å². The zero-order valence-electron chi connectivity index (χ0n) is 18.4. The summed E-state index contributed by atoms with van der Waals surface area (Å²) in [4.78, 5) is 4.12. The monoisotopic (exact) mass is 420 g/mol. The summed E-state index contributed by atoms with van der Waals surface area (Å²) in [6, 6.07) is 24.5. The summed E-state index contributed by atoms with van der Waals surface area (Å²) >= 11 is 0. The van der Waals surface area contributed by atoms with Gasteiger partial charge in [0.2, 0.25) is 0 Å². The molecule has 0 aromatic heterocycles. The van der Waals surface area contributed by atoms with Crippen molar-refractivity contribution in [1.82, 2.24) is 0 Å². The molecule has 0 fully saturated rings. The first-order valence-corrected chi connectivity index (χ1v) is 10.3. The van der Waals surface area contributed by atoms with Crippen LogP contribution in [-0.2, 0) is 0 Å². The summed E-state index contributed by atoms with van der Waals surface area (Å²) in [5.74, 6) is 0. The normalized spacial score (nSPS) is 10.3. The fourth-order valence-corrected chi connectivity index (χ4v) is 3.26. The standard InChI is InChI=1S/C24H32N6O/c1-25-19-4-6-22(7-5-19)28-16-29(23-12-8-20(26-2)9-13-23)17-30(18-31)24-14-10-21(27-3)11-15-24/h4-15,25-28,31H,16-18H2,1-3H3. The van der Waals surface area contributed by atoms with Crippen molar-refractivity contribution in [2.45, 2.75) is 0 Å². The van der Waals surface area contributed by atoms with E-state index in [4.69, 9.17) is 0 Å². The number of hydrogen-bond donors (Lipinski definition) is 5. The third-order valence-corrected chi connectivity index (χ3v) is 5.20. The predicted molar refractivity (Wildman–Crippen MR) is 133 cm³/mol. The molecule has 0 saturated heterocycles. The number of nitrogens with one attached hydrogen (secondary N) is 4. The topological polar surface area (TPSA) is 74.8 Å². The maximum Gasteiger partial charge on any atom is 0.117 e. The SMILES string of the molecule is CNc1ccc(NCN(CN(CO)c2ccc(NC)cc2)c2ccc(NC)cc2)cc1. The Hall–Kier alpha value is -3.58. The maximum atomic E-state index is 10.1. The van der Waals surface area contributed by atoms with Crippen LogP contribution in [0.25, 0.3) is 0 Å². The summed E-state index contributed by atoms with van der Waals surface area (Å²) in [7, 11) is 5.71. The van der Waals surface area contributed by atoms with Gasteiger partial charge in [0.25, 0.3) is 0 Å². The molecule has 3 rings (SSSR count). The summed E-state index contributed by atoms with van der Waals surface area (Å²) in [5.41, 5.74) is 6.21. The molecule has 0 saturated carbocycles. The smallest absolute Gasteiger partial charge is 0.117 e. The molecule has 3 aromatic carbocycles. The fourth-order valence-electron chi connectivity index (χ4n) is 3.26. The van der Waals surface area contributed by atoms with Crippen LogP contribution in [-0.4, -0.2) is 46.3 Å². The van der Waals surface area contributed by atoms with Gasteiger partial charge in [0.15, 0.2) is 0 Å². The first-order valence-electron chi connectivity index (χ1n) is 10.3. The van der Waals surface area contributed by atoms with Crippen LogP contribution in [0.15, 0.2) is 72.8 Å². The second kappa shape index (κ2) is 11.0. The quantitative estimate of drug-likeness (QED) is 0.299. The second-order valence-electron chi connectivity index (χ2n) is 7.12. The largest absolute Gasteiger partial charge is 0.388 e. The van der Waals surface area contributed by atoms with Crippen molar-refractivity contribution in [2.24, 2.45) is 0 Å². The number of aliphatic hydroxyl groups is 1. The van der Waals surface area contributed by atoms with Gasteiger partial charge in [-0.25, -0.2) is 0 Å². The molecule has 7 heteroatoms. The van der Waals surface area contributed by atoms with Crippen molar-refractivity contribution in [3.05, 3.63) is 72.8 Å². The van der Waals surface area contributed by atoms with Gasteiger partial charge in [0, 0.05) is 55.3 Å². The highest BCUT2D eigenvalue weighted by Crippen LogP contribution is 2.22. The molecule has 0 aliphatic carbocycles. The van der Waals surface area contributed by atoms with Crippen molar-refractivity contribution >= 4 is 34.1 Å². The molecule has 0 aliphatic heterocycles. The number of benzene rings is 3. The van der Waals surface area contributed by atoms with Crippen molar-refractivity contribution in [2.75, 3.05) is 72.3 Å². The fraction of sp³-hybridized carbons (Fsp3) is 0.250. The second-order valence-corrected chi connectivity index (χ2v) is 7.12. The number of rotatable bonds is 11. The molecule has 0 heterocycles. The minimum atomic E-state index is -0.0825. The molecule has 0 unspecified atom stereocenters. The number of anilines is 6. The molecule has 5 N–H and O–H groups in total. The van der Waals surface area contributed by atoms with Crippen LogP contribution < -0.4 is 31.1 Å². The zero-order valence-corrected chi connectivity index (χ0v) is 18.4. The average Bonchev–Trinajstić information content (AvgIpc) is 2.85. The van der Waals surface area contributed by atoms with E-state index in [9.17, 15) is 5.11 Å². The van der Waals surface area contributed by atoms with Gasteiger partial charge in [0.1, 0.15) is 6.73 Å². The Bertz CT molecular complexity index is 912. The molecule has 0 radical (unpaired) electrons. The van der Waals surface area contributed by atoms with Crippen LogP contribution in [0.2, 0.25) is 0 Å². The Balaban J connectivity index is 1.78. The van der Waals surface area contributed by atoms with Crippen LogP contribution in [0.3, 0.4) is 0 Å². The van der Waals surface area contributed by atoms with Crippen molar-refractivity contribution in [1.29, 1.82) is 0 Å². The van der Waals surface area contributed by atoms with E-state index in [1.165, 1.54) is 0 Å². The summed E-state index contributed by atoms with van der Waals surface area (Å²) in [6.45, 7) is 1.03. The predicted octanol–water partition coefficient (Wildman–Crippen LogP) is 4.10. The minimum Gasteiger partial charge on any atom is -0.388 e. The van der Waals surface area contributed by atoms with E-state index < -0.39 is 0 Å². The third kappa shape index (κ3) is 5.96. The number of aliphatic hydroxyl groups excluding tert-OH is 1. The third-order valence-electron chi connectivity index (χ3n) is 5.20. The van der Waals surface area contributed by atoms with E-state index in [1.54, 1.807) is 0 Å². The lowest BCUT2D eigenvalue weighted by molar-refractivity contribution is 0.290. The van der Waals surface area contributed by atoms with Crippen molar-refractivity contribution in [3.8, 4) is 0 Å². The zero-order chi connectivity index (χ0) is 22.1. The van der Waals surface area contributed by atoms with Gasteiger partial charge >= 0.3 is 0 Å². The Kier molecular flexibility index (Phi) is 7.84. The van der Waals surface area contributed by atoms with E-state index in [2.05, 4.69) is 50.4 Å². The van der Waals surface area contributed by atoms with E-state index >= 15 is 0 Å². The van der Waals surface area contributed by atoms with E-state index in [0.29, 0.717) is 13.3 Å². The molecule has 0 atom stereocenters. The summed E-state index contributed by atoms with van der Waals surface area (Å²) in [5, 5.41) is 23.0. The molecule has 0 bridgehead atoms. The van der Waals surface area contributed by atoms with Gasteiger partial charge in [-0.05, 0) is 72.8 Å². The van der Waals surface area contributed by atoms with Crippen molar-refractivity contribution < 1.29 is 5.11 Å². The Morgan fingerprint density at radius 1 is 0.581 bits per heavy atom.